The lowest BCUT2D eigenvalue weighted by Gasteiger charge is -2.27. The largest absolute Gasteiger partial charge is 0.316 e. The highest BCUT2D eigenvalue weighted by Crippen LogP contribution is 2.20. The minimum absolute atomic E-state index is 0. The molecule has 1 aliphatic heterocycles. The van der Waals surface area contributed by atoms with Crippen molar-refractivity contribution in [3.63, 3.8) is 0 Å². The van der Waals surface area contributed by atoms with Crippen molar-refractivity contribution in [2.45, 2.75) is 19.4 Å². The fraction of sp³-hybridized carbons (Fsp3) is 0.571. The van der Waals surface area contributed by atoms with Gasteiger partial charge in [-0.25, -0.2) is 4.39 Å². The molecule has 2 nitrogen and oxygen atoms in total. The van der Waals surface area contributed by atoms with Gasteiger partial charge in [0.1, 0.15) is 5.82 Å². The predicted octanol–water partition coefficient (Wildman–Crippen LogP) is 3.44. The summed E-state index contributed by atoms with van der Waals surface area (Å²) in [6.07, 6.45) is 2.58. The van der Waals surface area contributed by atoms with Crippen molar-refractivity contribution in [3.8, 4) is 0 Å². The van der Waals surface area contributed by atoms with E-state index < -0.39 is 0 Å². The Labute approximate surface area is 129 Å². The van der Waals surface area contributed by atoms with Gasteiger partial charge in [0.2, 0.25) is 0 Å². The van der Waals surface area contributed by atoms with E-state index in [9.17, 15) is 4.39 Å². The standard InChI is InChI=1S/C14H20BrFN2.ClH/c1-18(9-11-3-2-6-17-8-11)10-12-4-5-13(16)7-14(12)15;/h4-5,7,11,17H,2-3,6,8-10H2,1H3;1H. The lowest BCUT2D eigenvalue weighted by molar-refractivity contribution is 0.237. The molecule has 2 rings (SSSR count). The smallest absolute Gasteiger partial charge is 0.124 e. The summed E-state index contributed by atoms with van der Waals surface area (Å²) in [5, 5.41) is 3.44. The summed E-state index contributed by atoms with van der Waals surface area (Å²) in [6.45, 7) is 4.23. The van der Waals surface area contributed by atoms with E-state index in [-0.39, 0.29) is 18.2 Å². The Bertz CT molecular complexity index is 397. The second kappa shape index (κ2) is 8.20. The summed E-state index contributed by atoms with van der Waals surface area (Å²) < 4.78 is 13.9. The molecule has 0 saturated carbocycles. The maximum Gasteiger partial charge on any atom is 0.124 e. The Morgan fingerprint density at radius 3 is 2.89 bits per heavy atom. The zero-order chi connectivity index (χ0) is 13.0. The van der Waals surface area contributed by atoms with Gasteiger partial charge in [0, 0.05) is 17.6 Å². The van der Waals surface area contributed by atoms with Crippen molar-refractivity contribution in [1.29, 1.82) is 0 Å². The second-order valence-corrected chi connectivity index (χ2v) is 6.00. The summed E-state index contributed by atoms with van der Waals surface area (Å²) in [5.74, 6) is 0.549. The third kappa shape index (κ3) is 5.38. The van der Waals surface area contributed by atoms with Crippen LogP contribution in [-0.2, 0) is 6.54 Å². The molecule has 1 fully saturated rings. The van der Waals surface area contributed by atoms with Gasteiger partial charge in [-0.05, 0) is 56.6 Å². The van der Waals surface area contributed by atoms with Crippen LogP contribution in [0.3, 0.4) is 0 Å². The minimum atomic E-state index is -0.190. The first-order valence-electron chi connectivity index (χ1n) is 6.48. The molecular weight excluding hydrogens is 331 g/mol. The van der Waals surface area contributed by atoms with Crippen LogP contribution in [0.2, 0.25) is 0 Å². The molecule has 5 heteroatoms. The van der Waals surface area contributed by atoms with Gasteiger partial charge >= 0.3 is 0 Å². The van der Waals surface area contributed by atoms with Crippen LogP contribution in [0, 0.1) is 11.7 Å². The third-order valence-electron chi connectivity index (χ3n) is 3.42. The molecule has 0 spiro atoms. The lowest BCUT2D eigenvalue weighted by Crippen LogP contribution is -2.36. The van der Waals surface area contributed by atoms with E-state index >= 15 is 0 Å². The monoisotopic (exact) mass is 350 g/mol. The van der Waals surface area contributed by atoms with Gasteiger partial charge in [-0.15, -0.1) is 12.4 Å². The number of benzene rings is 1. The minimum Gasteiger partial charge on any atom is -0.316 e. The summed E-state index contributed by atoms with van der Waals surface area (Å²) in [7, 11) is 2.13. The molecular formula is C14H21BrClFN2. The van der Waals surface area contributed by atoms with Gasteiger partial charge < -0.3 is 10.2 Å². The third-order valence-corrected chi connectivity index (χ3v) is 4.16. The summed E-state index contributed by atoms with van der Waals surface area (Å²) in [5.41, 5.74) is 1.14. The van der Waals surface area contributed by atoms with Crippen LogP contribution in [-0.4, -0.2) is 31.6 Å². The van der Waals surface area contributed by atoms with E-state index in [0.717, 1.165) is 42.1 Å². The van der Waals surface area contributed by atoms with E-state index in [1.165, 1.54) is 25.0 Å². The maximum atomic E-state index is 13.0. The number of nitrogens with zero attached hydrogens (tertiary/aromatic N) is 1. The van der Waals surface area contributed by atoms with Crippen LogP contribution in [0.4, 0.5) is 4.39 Å². The molecule has 1 saturated heterocycles. The molecule has 0 bridgehead atoms. The van der Waals surface area contributed by atoms with E-state index in [2.05, 4.69) is 33.2 Å². The molecule has 108 valence electrons. The average molecular weight is 352 g/mol. The number of hydrogen-bond donors (Lipinski definition) is 1. The fourth-order valence-corrected chi connectivity index (χ4v) is 3.00. The van der Waals surface area contributed by atoms with E-state index in [1.807, 2.05) is 6.07 Å². The number of nitrogens with one attached hydrogen (secondary N) is 1. The van der Waals surface area contributed by atoms with Crippen molar-refractivity contribution in [1.82, 2.24) is 10.2 Å². The highest BCUT2D eigenvalue weighted by molar-refractivity contribution is 9.10. The predicted molar refractivity (Wildman–Crippen MR) is 83.3 cm³/mol. The average Bonchev–Trinajstić information content (AvgIpc) is 2.34. The van der Waals surface area contributed by atoms with Crippen LogP contribution < -0.4 is 5.32 Å². The van der Waals surface area contributed by atoms with Crippen molar-refractivity contribution in [2.24, 2.45) is 5.92 Å². The van der Waals surface area contributed by atoms with Crippen molar-refractivity contribution >= 4 is 28.3 Å². The molecule has 1 aromatic carbocycles. The zero-order valence-electron chi connectivity index (χ0n) is 11.2. The van der Waals surface area contributed by atoms with E-state index in [4.69, 9.17) is 0 Å². The summed E-state index contributed by atoms with van der Waals surface area (Å²) >= 11 is 3.42. The second-order valence-electron chi connectivity index (χ2n) is 5.14. The summed E-state index contributed by atoms with van der Waals surface area (Å²) in [4.78, 5) is 2.32. The van der Waals surface area contributed by atoms with Gasteiger partial charge in [-0.3, -0.25) is 0 Å². The normalized spacial score (nSPS) is 19.3. The first-order chi connectivity index (χ1) is 8.65. The molecule has 0 aliphatic carbocycles. The molecule has 19 heavy (non-hydrogen) atoms. The van der Waals surface area contributed by atoms with Gasteiger partial charge in [0.15, 0.2) is 0 Å². The Morgan fingerprint density at radius 2 is 2.26 bits per heavy atom. The van der Waals surface area contributed by atoms with Crippen molar-refractivity contribution in [3.05, 3.63) is 34.1 Å². The molecule has 1 aliphatic rings. The fourth-order valence-electron chi connectivity index (χ4n) is 2.53. The summed E-state index contributed by atoms with van der Waals surface area (Å²) in [6, 6.07) is 4.91. The highest BCUT2D eigenvalue weighted by Gasteiger charge is 2.15. The number of piperidine rings is 1. The lowest BCUT2D eigenvalue weighted by atomic mass is 9.99. The van der Waals surface area contributed by atoms with Crippen LogP contribution in [0.5, 0.6) is 0 Å². The maximum absolute atomic E-state index is 13.0. The van der Waals surface area contributed by atoms with E-state index in [0.29, 0.717) is 0 Å². The van der Waals surface area contributed by atoms with Gasteiger partial charge in [-0.2, -0.15) is 0 Å². The highest BCUT2D eigenvalue weighted by atomic mass is 79.9. The van der Waals surface area contributed by atoms with Gasteiger partial charge in [0.25, 0.3) is 0 Å². The molecule has 0 aromatic heterocycles. The molecule has 1 heterocycles. The Hall–Kier alpha value is -0.160. The number of hydrogen-bond acceptors (Lipinski definition) is 2. The van der Waals surface area contributed by atoms with Crippen LogP contribution >= 0.6 is 28.3 Å². The van der Waals surface area contributed by atoms with Gasteiger partial charge in [-0.1, -0.05) is 22.0 Å². The Kier molecular flexibility index (Phi) is 7.29. The molecule has 1 N–H and O–H groups in total. The van der Waals surface area contributed by atoms with E-state index in [1.54, 1.807) is 0 Å². The molecule has 1 aromatic rings. The quantitative estimate of drug-likeness (QED) is 0.894. The first-order valence-corrected chi connectivity index (χ1v) is 7.27. The topological polar surface area (TPSA) is 15.3 Å². The van der Waals surface area contributed by atoms with Crippen molar-refractivity contribution < 1.29 is 4.39 Å². The number of halogens is 3. The first kappa shape index (κ1) is 16.9. The van der Waals surface area contributed by atoms with Crippen LogP contribution in [0.1, 0.15) is 18.4 Å². The number of rotatable bonds is 4. The molecule has 0 radical (unpaired) electrons. The van der Waals surface area contributed by atoms with Crippen LogP contribution in [0.15, 0.2) is 22.7 Å². The van der Waals surface area contributed by atoms with Crippen LogP contribution in [0.25, 0.3) is 0 Å². The molecule has 1 atom stereocenters. The molecule has 1 unspecified atom stereocenters. The van der Waals surface area contributed by atoms with Gasteiger partial charge in [0.05, 0.1) is 0 Å². The van der Waals surface area contributed by atoms with Crippen molar-refractivity contribution in [2.75, 3.05) is 26.7 Å². The Morgan fingerprint density at radius 1 is 1.47 bits per heavy atom. The zero-order valence-corrected chi connectivity index (χ0v) is 13.6. The SMILES string of the molecule is CN(Cc1ccc(F)cc1Br)CC1CCCNC1.Cl. The molecule has 0 amide bonds. The Balaban J connectivity index is 0.00000180.